The Bertz CT molecular complexity index is 547. The van der Waals surface area contributed by atoms with Gasteiger partial charge in [0.2, 0.25) is 0 Å². The summed E-state index contributed by atoms with van der Waals surface area (Å²) in [6, 6.07) is 11.1. The summed E-state index contributed by atoms with van der Waals surface area (Å²) in [5.74, 6) is 0.937. The predicted molar refractivity (Wildman–Crippen MR) is 87.8 cm³/mol. The lowest BCUT2D eigenvalue weighted by Gasteiger charge is -2.18. The van der Waals surface area contributed by atoms with Crippen LogP contribution in [-0.2, 0) is 0 Å². The SMILES string of the molecule is CCC1CCCC(Nc2cccc(-n3cccn3)c2)CC1. The Morgan fingerprint density at radius 1 is 1.19 bits per heavy atom. The monoisotopic (exact) mass is 283 g/mol. The fourth-order valence-corrected chi connectivity index (χ4v) is 3.33. The van der Waals surface area contributed by atoms with Crippen LogP contribution in [0, 0.1) is 5.92 Å². The third-order valence-electron chi connectivity index (χ3n) is 4.65. The second-order valence-corrected chi connectivity index (χ2v) is 6.12. The molecule has 2 atom stereocenters. The molecule has 3 nitrogen and oxygen atoms in total. The number of hydrogen-bond donors (Lipinski definition) is 1. The van der Waals surface area contributed by atoms with Crippen molar-refractivity contribution in [2.75, 3.05) is 5.32 Å². The van der Waals surface area contributed by atoms with Crippen LogP contribution >= 0.6 is 0 Å². The quantitative estimate of drug-likeness (QED) is 0.828. The van der Waals surface area contributed by atoms with Crippen LogP contribution in [0.5, 0.6) is 0 Å². The average molecular weight is 283 g/mol. The molecule has 1 aliphatic carbocycles. The first-order valence-electron chi connectivity index (χ1n) is 8.22. The highest BCUT2D eigenvalue weighted by atomic mass is 15.3. The summed E-state index contributed by atoms with van der Waals surface area (Å²) in [7, 11) is 0. The van der Waals surface area contributed by atoms with Crippen LogP contribution in [0.2, 0.25) is 0 Å². The maximum absolute atomic E-state index is 4.30. The van der Waals surface area contributed by atoms with E-state index < -0.39 is 0 Å². The van der Waals surface area contributed by atoms with Gasteiger partial charge in [-0.05, 0) is 49.4 Å². The number of aromatic nitrogens is 2. The summed E-state index contributed by atoms with van der Waals surface area (Å²) in [5.41, 5.74) is 2.33. The largest absolute Gasteiger partial charge is 0.382 e. The van der Waals surface area contributed by atoms with Crippen molar-refractivity contribution in [2.24, 2.45) is 5.92 Å². The molecule has 3 heteroatoms. The minimum Gasteiger partial charge on any atom is -0.382 e. The van der Waals surface area contributed by atoms with Gasteiger partial charge in [-0.3, -0.25) is 0 Å². The van der Waals surface area contributed by atoms with Gasteiger partial charge in [0, 0.05) is 24.1 Å². The van der Waals surface area contributed by atoms with Crippen LogP contribution < -0.4 is 5.32 Å². The van der Waals surface area contributed by atoms with Crippen molar-refractivity contribution in [3.8, 4) is 5.69 Å². The van der Waals surface area contributed by atoms with Crippen molar-refractivity contribution in [1.29, 1.82) is 0 Å². The smallest absolute Gasteiger partial charge is 0.0666 e. The molecule has 0 aliphatic heterocycles. The molecule has 0 spiro atoms. The number of benzene rings is 1. The number of anilines is 1. The lowest BCUT2D eigenvalue weighted by atomic mass is 9.98. The first-order chi connectivity index (χ1) is 10.3. The van der Waals surface area contributed by atoms with Crippen molar-refractivity contribution in [3.05, 3.63) is 42.7 Å². The summed E-state index contributed by atoms with van der Waals surface area (Å²) in [6.07, 6.45) is 11.9. The van der Waals surface area contributed by atoms with Gasteiger partial charge >= 0.3 is 0 Å². The highest BCUT2D eigenvalue weighted by molar-refractivity contribution is 5.51. The Hall–Kier alpha value is -1.77. The van der Waals surface area contributed by atoms with Gasteiger partial charge in [0.25, 0.3) is 0 Å². The summed E-state index contributed by atoms with van der Waals surface area (Å²) < 4.78 is 1.91. The first-order valence-corrected chi connectivity index (χ1v) is 8.22. The molecule has 0 saturated heterocycles. The number of hydrogen-bond acceptors (Lipinski definition) is 2. The topological polar surface area (TPSA) is 29.9 Å². The standard InChI is InChI=1S/C18H25N3/c1-2-15-6-3-7-16(11-10-15)20-17-8-4-9-18(14-17)21-13-5-12-19-21/h4-5,8-9,12-16,20H,2-3,6-7,10-11H2,1H3. The molecule has 1 aromatic heterocycles. The number of nitrogens with zero attached hydrogens (tertiary/aromatic N) is 2. The van der Waals surface area contributed by atoms with E-state index in [0.29, 0.717) is 6.04 Å². The van der Waals surface area contributed by atoms with E-state index in [9.17, 15) is 0 Å². The summed E-state index contributed by atoms with van der Waals surface area (Å²) in [5, 5.41) is 8.03. The van der Waals surface area contributed by atoms with E-state index in [1.165, 1.54) is 44.2 Å². The lowest BCUT2D eigenvalue weighted by molar-refractivity contribution is 0.444. The third kappa shape index (κ3) is 3.66. The molecule has 1 N–H and O–H groups in total. The molecule has 1 aliphatic rings. The average Bonchev–Trinajstić information content (AvgIpc) is 2.96. The number of nitrogens with one attached hydrogen (secondary N) is 1. The van der Waals surface area contributed by atoms with Crippen LogP contribution in [0.15, 0.2) is 42.7 Å². The zero-order valence-electron chi connectivity index (χ0n) is 12.8. The Kier molecular flexibility index (Phi) is 4.59. The van der Waals surface area contributed by atoms with E-state index in [1.54, 1.807) is 0 Å². The molecule has 1 aromatic carbocycles. The van der Waals surface area contributed by atoms with Crippen LogP contribution in [0.25, 0.3) is 5.69 Å². The molecule has 2 aromatic rings. The van der Waals surface area contributed by atoms with Crippen molar-refractivity contribution in [1.82, 2.24) is 9.78 Å². The van der Waals surface area contributed by atoms with Crippen molar-refractivity contribution in [3.63, 3.8) is 0 Å². The Balaban J connectivity index is 1.66. The van der Waals surface area contributed by atoms with E-state index in [1.807, 2.05) is 23.1 Å². The maximum Gasteiger partial charge on any atom is 0.0666 e. The first kappa shape index (κ1) is 14.2. The maximum atomic E-state index is 4.30. The molecule has 112 valence electrons. The third-order valence-corrected chi connectivity index (χ3v) is 4.65. The Morgan fingerprint density at radius 2 is 2.14 bits per heavy atom. The van der Waals surface area contributed by atoms with E-state index in [4.69, 9.17) is 0 Å². The second kappa shape index (κ2) is 6.79. The van der Waals surface area contributed by atoms with E-state index >= 15 is 0 Å². The van der Waals surface area contributed by atoms with Gasteiger partial charge in [-0.25, -0.2) is 4.68 Å². The molecule has 1 heterocycles. The molecule has 0 radical (unpaired) electrons. The minimum atomic E-state index is 0.620. The van der Waals surface area contributed by atoms with Crippen molar-refractivity contribution in [2.45, 2.75) is 51.5 Å². The van der Waals surface area contributed by atoms with E-state index in [2.05, 4.69) is 41.6 Å². The molecule has 0 amide bonds. The van der Waals surface area contributed by atoms with Gasteiger partial charge in [-0.2, -0.15) is 5.10 Å². The predicted octanol–water partition coefficient (Wildman–Crippen LogP) is 4.64. The van der Waals surface area contributed by atoms with Gasteiger partial charge in [-0.15, -0.1) is 0 Å². The van der Waals surface area contributed by atoms with E-state index in [-0.39, 0.29) is 0 Å². The second-order valence-electron chi connectivity index (χ2n) is 6.12. The van der Waals surface area contributed by atoms with Crippen LogP contribution in [0.3, 0.4) is 0 Å². The van der Waals surface area contributed by atoms with Crippen molar-refractivity contribution < 1.29 is 0 Å². The molecular formula is C18H25N3. The van der Waals surface area contributed by atoms with Gasteiger partial charge < -0.3 is 5.32 Å². The normalized spacial score (nSPS) is 22.7. The zero-order valence-corrected chi connectivity index (χ0v) is 12.8. The van der Waals surface area contributed by atoms with Crippen LogP contribution in [0.4, 0.5) is 5.69 Å². The molecule has 21 heavy (non-hydrogen) atoms. The fraction of sp³-hybridized carbons (Fsp3) is 0.500. The molecule has 0 bridgehead atoms. The van der Waals surface area contributed by atoms with Gasteiger partial charge in [0.05, 0.1) is 5.69 Å². The summed E-state index contributed by atoms with van der Waals surface area (Å²) in [6.45, 7) is 2.33. The highest BCUT2D eigenvalue weighted by Gasteiger charge is 2.17. The highest BCUT2D eigenvalue weighted by Crippen LogP contribution is 2.27. The minimum absolute atomic E-state index is 0.620. The zero-order chi connectivity index (χ0) is 14.5. The van der Waals surface area contributed by atoms with Crippen molar-refractivity contribution >= 4 is 5.69 Å². The Morgan fingerprint density at radius 3 is 2.95 bits per heavy atom. The van der Waals surface area contributed by atoms with E-state index in [0.717, 1.165) is 11.6 Å². The summed E-state index contributed by atoms with van der Waals surface area (Å²) >= 11 is 0. The molecule has 2 unspecified atom stereocenters. The lowest BCUT2D eigenvalue weighted by Crippen LogP contribution is -2.18. The molecule has 1 saturated carbocycles. The van der Waals surface area contributed by atoms with Crippen LogP contribution in [-0.4, -0.2) is 15.8 Å². The molecule has 1 fully saturated rings. The molecular weight excluding hydrogens is 258 g/mol. The van der Waals surface area contributed by atoms with Crippen LogP contribution in [0.1, 0.15) is 45.4 Å². The summed E-state index contributed by atoms with van der Waals surface area (Å²) in [4.78, 5) is 0. The fourth-order valence-electron chi connectivity index (χ4n) is 3.33. The Labute approximate surface area is 127 Å². The van der Waals surface area contributed by atoms with Gasteiger partial charge in [0.15, 0.2) is 0 Å². The van der Waals surface area contributed by atoms with Gasteiger partial charge in [0.1, 0.15) is 0 Å². The molecule has 3 rings (SSSR count). The number of rotatable bonds is 4. The van der Waals surface area contributed by atoms with Gasteiger partial charge in [-0.1, -0.05) is 32.3 Å².